The number of para-hydroxylation sites is 1. The standard InChI is InChI=1S/C18H29N5/c1-3-14-6-5-7-15(4-2)17(14)21-18(19)20-12-16-13-22-8-10-23(16)11-9-22/h5-7,16H,3-4,8-13H2,1-2H3,(H3,19,20,21). The fraction of sp³-hybridized carbons (Fsp3) is 0.611. The number of aliphatic imine (C=N–C) groups is 1. The van der Waals surface area contributed by atoms with Crippen LogP contribution in [-0.2, 0) is 12.8 Å². The molecule has 0 radical (unpaired) electrons. The van der Waals surface area contributed by atoms with Gasteiger partial charge in [0, 0.05) is 44.5 Å². The number of nitrogens with zero attached hydrogens (tertiary/aromatic N) is 3. The first kappa shape index (κ1) is 16.3. The maximum Gasteiger partial charge on any atom is 0.193 e. The summed E-state index contributed by atoms with van der Waals surface area (Å²) in [5, 5.41) is 3.36. The van der Waals surface area contributed by atoms with Gasteiger partial charge in [0.25, 0.3) is 0 Å². The molecule has 5 nitrogen and oxygen atoms in total. The highest BCUT2D eigenvalue weighted by molar-refractivity contribution is 5.93. The minimum absolute atomic E-state index is 0.518. The SMILES string of the molecule is CCc1cccc(CC)c1NC(N)=NCC1CN2CCN1CC2. The molecule has 0 spiro atoms. The molecule has 23 heavy (non-hydrogen) atoms. The van der Waals surface area contributed by atoms with Crippen LogP contribution in [0.1, 0.15) is 25.0 Å². The van der Waals surface area contributed by atoms with Crippen LogP contribution in [0.3, 0.4) is 0 Å². The average molecular weight is 315 g/mol. The van der Waals surface area contributed by atoms with E-state index in [2.05, 4.69) is 52.2 Å². The smallest absolute Gasteiger partial charge is 0.193 e. The van der Waals surface area contributed by atoms with Crippen molar-refractivity contribution in [3.8, 4) is 0 Å². The van der Waals surface area contributed by atoms with Gasteiger partial charge in [-0.1, -0.05) is 32.0 Å². The van der Waals surface area contributed by atoms with Crippen molar-refractivity contribution >= 4 is 11.6 Å². The first-order valence-corrected chi connectivity index (χ1v) is 8.85. The largest absolute Gasteiger partial charge is 0.370 e. The number of nitrogens with one attached hydrogen (secondary N) is 1. The molecule has 1 aromatic rings. The van der Waals surface area contributed by atoms with Crippen molar-refractivity contribution in [1.29, 1.82) is 0 Å². The van der Waals surface area contributed by atoms with E-state index >= 15 is 0 Å². The minimum atomic E-state index is 0.518. The lowest BCUT2D eigenvalue weighted by molar-refractivity contribution is 0.0174. The lowest BCUT2D eigenvalue weighted by Gasteiger charge is -2.47. The van der Waals surface area contributed by atoms with Crippen molar-refractivity contribution < 1.29 is 0 Å². The highest BCUT2D eigenvalue weighted by Crippen LogP contribution is 2.22. The summed E-state index contributed by atoms with van der Waals surface area (Å²) >= 11 is 0. The summed E-state index contributed by atoms with van der Waals surface area (Å²) in [6.45, 7) is 11.0. The molecule has 3 fully saturated rings. The van der Waals surface area contributed by atoms with Crippen molar-refractivity contribution in [3.05, 3.63) is 29.3 Å². The van der Waals surface area contributed by atoms with Crippen molar-refractivity contribution in [3.63, 3.8) is 0 Å². The highest BCUT2D eigenvalue weighted by Gasteiger charge is 2.31. The van der Waals surface area contributed by atoms with Crippen LogP contribution in [-0.4, -0.2) is 61.1 Å². The molecule has 1 aromatic carbocycles. The third kappa shape index (κ3) is 3.67. The monoisotopic (exact) mass is 315 g/mol. The fourth-order valence-corrected chi connectivity index (χ4v) is 3.67. The number of guanidine groups is 1. The number of hydrogen-bond donors (Lipinski definition) is 2. The van der Waals surface area contributed by atoms with E-state index < -0.39 is 0 Å². The van der Waals surface area contributed by atoms with Gasteiger partial charge in [-0.15, -0.1) is 0 Å². The molecule has 5 heteroatoms. The third-order valence-electron chi connectivity index (χ3n) is 5.12. The molecule has 2 bridgehead atoms. The molecule has 3 N–H and O–H groups in total. The topological polar surface area (TPSA) is 56.9 Å². The van der Waals surface area contributed by atoms with E-state index in [0.29, 0.717) is 12.0 Å². The number of aryl methyl sites for hydroxylation is 2. The van der Waals surface area contributed by atoms with Crippen LogP contribution in [0.5, 0.6) is 0 Å². The van der Waals surface area contributed by atoms with E-state index in [0.717, 1.165) is 31.6 Å². The normalized spacial score (nSPS) is 27.2. The van der Waals surface area contributed by atoms with Gasteiger partial charge >= 0.3 is 0 Å². The Labute approximate surface area is 139 Å². The molecule has 0 saturated carbocycles. The second-order valence-corrected chi connectivity index (χ2v) is 6.50. The Morgan fingerprint density at radius 1 is 1.17 bits per heavy atom. The molecule has 0 aliphatic carbocycles. The molecule has 1 unspecified atom stereocenters. The summed E-state index contributed by atoms with van der Waals surface area (Å²) in [6.07, 6.45) is 1.99. The predicted molar refractivity (Wildman–Crippen MR) is 97.1 cm³/mol. The van der Waals surface area contributed by atoms with Gasteiger partial charge in [0.15, 0.2) is 5.96 Å². The number of rotatable bonds is 5. The molecule has 0 amide bonds. The molecule has 1 atom stereocenters. The van der Waals surface area contributed by atoms with Crippen molar-refractivity contribution in [1.82, 2.24) is 9.80 Å². The number of anilines is 1. The number of fused-ring (bicyclic) bond motifs is 3. The second-order valence-electron chi connectivity index (χ2n) is 6.50. The molecule has 3 aliphatic heterocycles. The lowest BCUT2D eigenvalue weighted by Crippen LogP contribution is -2.61. The van der Waals surface area contributed by atoms with Gasteiger partial charge in [0.2, 0.25) is 0 Å². The number of nitrogens with two attached hydrogens (primary N) is 1. The minimum Gasteiger partial charge on any atom is -0.370 e. The Hall–Kier alpha value is -1.59. The van der Waals surface area contributed by atoms with E-state index in [-0.39, 0.29) is 0 Å². The zero-order valence-electron chi connectivity index (χ0n) is 14.4. The van der Waals surface area contributed by atoms with Crippen molar-refractivity contribution in [2.24, 2.45) is 10.7 Å². The average Bonchev–Trinajstić information content (AvgIpc) is 2.61. The van der Waals surface area contributed by atoms with Gasteiger partial charge in [0.05, 0.1) is 6.54 Å². The zero-order valence-corrected chi connectivity index (χ0v) is 14.4. The predicted octanol–water partition coefficient (Wildman–Crippen LogP) is 1.54. The van der Waals surface area contributed by atoms with Gasteiger partial charge in [0.1, 0.15) is 0 Å². The number of piperazine rings is 3. The van der Waals surface area contributed by atoms with E-state index in [1.807, 2.05) is 0 Å². The van der Waals surface area contributed by atoms with Crippen LogP contribution in [0.15, 0.2) is 23.2 Å². The molecule has 3 aliphatic rings. The van der Waals surface area contributed by atoms with Crippen molar-refractivity contribution in [2.45, 2.75) is 32.7 Å². The Kier molecular flexibility index (Phi) is 5.18. The molecular weight excluding hydrogens is 286 g/mol. The Morgan fingerprint density at radius 2 is 1.83 bits per heavy atom. The molecule has 3 heterocycles. The molecular formula is C18H29N5. The molecule has 0 aromatic heterocycles. The van der Waals surface area contributed by atoms with Crippen LogP contribution < -0.4 is 11.1 Å². The summed E-state index contributed by atoms with van der Waals surface area (Å²) in [5.74, 6) is 0.540. The summed E-state index contributed by atoms with van der Waals surface area (Å²) in [6, 6.07) is 6.96. The van der Waals surface area contributed by atoms with E-state index in [4.69, 9.17) is 5.73 Å². The fourth-order valence-electron chi connectivity index (χ4n) is 3.67. The Bertz CT molecular complexity index is 538. The van der Waals surface area contributed by atoms with Crippen LogP contribution in [0.2, 0.25) is 0 Å². The van der Waals surface area contributed by atoms with Gasteiger partial charge in [-0.25, -0.2) is 0 Å². The summed E-state index contributed by atoms with van der Waals surface area (Å²) in [7, 11) is 0. The van der Waals surface area contributed by atoms with Gasteiger partial charge in [-0.05, 0) is 24.0 Å². The van der Waals surface area contributed by atoms with Gasteiger partial charge < -0.3 is 11.1 Å². The maximum absolute atomic E-state index is 6.17. The Balaban J connectivity index is 1.66. The first-order chi connectivity index (χ1) is 11.2. The van der Waals surface area contributed by atoms with Gasteiger partial charge in [-0.3, -0.25) is 14.8 Å². The molecule has 3 saturated heterocycles. The number of hydrogen-bond acceptors (Lipinski definition) is 3. The quantitative estimate of drug-likeness (QED) is 0.639. The summed E-state index contributed by atoms with van der Waals surface area (Å²) < 4.78 is 0. The second kappa shape index (κ2) is 7.32. The Morgan fingerprint density at radius 3 is 2.35 bits per heavy atom. The maximum atomic E-state index is 6.17. The third-order valence-corrected chi connectivity index (χ3v) is 5.12. The van der Waals surface area contributed by atoms with Crippen LogP contribution >= 0.6 is 0 Å². The van der Waals surface area contributed by atoms with Gasteiger partial charge in [-0.2, -0.15) is 0 Å². The first-order valence-electron chi connectivity index (χ1n) is 8.85. The summed E-state index contributed by atoms with van der Waals surface area (Å²) in [5.41, 5.74) is 9.92. The zero-order chi connectivity index (χ0) is 16.2. The summed E-state index contributed by atoms with van der Waals surface area (Å²) in [4.78, 5) is 9.71. The van der Waals surface area contributed by atoms with Crippen LogP contribution in [0.4, 0.5) is 5.69 Å². The lowest BCUT2D eigenvalue weighted by atomic mass is 10.0. The van der Waals surface area contributed by atoms with E-state index in [9.17, 15) is 0 Å². The number of benzene rings is 1. The van der Waals surface area contributed by atoms with E-state index in [1.54, 1.807) is 0 Å². The van der Waals surface area contributed by atoms with E-state index in [1.165, 1.54) is 37.3 Å². The highest BCUT2D eigenvalue weighted by atomic mass is 15.3. The van der Waals surface area contributed by atoms with Crippen LogP contribution in [0.25, 0.3) is 0 Å². The molecule has 4 rings (SSSR count). The molecule has 126 valence electrons. The van der Waals surface area contributed by atoms with Crippen molar-refractivity contribution in [2.75, 3.05) is 44.6 Å². The van der Waals surface area contributed by atoms with Crippen LogP contribution in [0, 0.1) is 0 Å².